The summed E-state index contributed by atoms with van der Waals surface area (Å²) in [5, 5.41) is 6.91. The third-order valence-corrected chi connectivity index (χ3v) is 3.96. The molecule has 0 bridgehead atoms. The Balaban J connectivity index is 1.62. The van der Waals surface area contributed by atoms with Crippen molar-refractivity contribution < 1.29 is 4.79 Å². The number of rotatable bonds is 5. The molecule has 3 rings (SSSR count). The maximum atomic E-state index is 12.1. The van der Waals surface area contributed by atoms with Crippen molar-refractivity contribution in [3.63, 3.8) is 0 Å². The highest BCUT2D eigenvalue weighted by atomic mass is 16.2. The summed E-state index contributed by atoms with van der Waals surface area (Å²) < 4.78 is 1.65. The molecule has 7 heteroatoms. The second kappa shape index (κ2) is 6.45. The van der Waals surface area contributed by atoms with Gasteiger partial charge in [-0.15, -0.1) is 0 Å². The first-order chi connectivity index (χ1) is 11.4. The molecule has 2 heterocycles. The largest absolute Gasteiger partial charge is 0.341 e. The number of carbonyl (C=O) groups excluding carboxylic acids is 1. The fourth-order valence-corrected chi connectivity index (χ4v) is 2.62. The average molecular weight is 326 g/mol. The number of anilines is 1. The second-order valence-corrected chi connectivity index (χ2v) is 6.23. The molecule has 0 aliphatic rings. The van der Waals surface area contributed by atoms with Crippen LogP contribution in [0.25, 0.3) is 11.0 Å². The van der Waals surface area contributed by atoms with Crippen molar-refractivity contribution in [2.45, 2.75) is 20.4 Å². The highest BCUT2D eigenvalue weighted by Crippen LogP contribution is 2.17. The molecule has 1 aromatic carbocycles. The lowest BCUT2D eigenvalue weighted by Gasteiger charge is -2.14. The van der Waals surface area contributed by atoms with Gasteiger partial charge in [0.2, 0.25) is 5.91 Å². The Morgan fingerprint density at radius 2 is 2.08 bits per heavy atom. The molecule has 0 aliphatic heterocycles. The third kappa shape index (κ3) is 3.62. The van der Waals surface area contributed by atoms with Gasteiger partial charge in [-0.25, -0.2) is 4.98 Å². The van der Waals surface area contributed by atoms with Crippen LogP contribution in [0, 0.1) is 13.8 Å². The quantitative estimate of drug-likeness (QED) is 0.751. The van der Waals surface area contributed by atoms with E-state index in [0.717, 1.165) is 16.9 Å². The van der Waals surface area contributed by atoms with Gasteiger partial charge >= 0.3 is 0 Å². The van der Waals surface area contributed by atoms with Crippen LogP contribution in [0.1, 0.15) is 17.0 Å². The summed E-state index contributed by atoms with van der Waals surface area (Å²) in [6.07, 6.45) is 1.79. The fourth-order valence-electron chi connectivity index (χ4n) is 2.62. The number of amides is 1. The SMILES string of the molecule is Cc1cc2nc(CN(C)CC(=O)Nc3ccn(C)n3)[nH]c2cc1C. The smallest absolute Gasteiger partial charge is 0.239 e. The monoisotopic (exact) mass is 326 g/mol. The number of hydrogen-bond donors (Lipinski definition) is 2. The van der Waals surface area contributed by atoms with Crippen LogP contribution >= 0.6 is 0 Å². The van der Waals surface area contributed by atoms with E-state index in [1.165, 1.54) is 11.1 Å². The first kappa shape index (κ1) is 16.2. The number of aromatic nitrogens is 4. The maximum Gasteiger partial charge on any atom is 0.239 e. The number of hydrogen-bond acceptors (Lipinski definition) is 4. The summed E-state index contributed by atoms with van der Waals surface area (Å²) >= 11 is 0. The molecule has 0 saturated carbocycles. The van der Waals surface area contributed by atoms with Gasteiger partial charge in [0.05, 0.1) is 24.1 Å². The van der Waals surface area contributed by atoms with Crippen molar-refractivity contribution in [1.29, 1.82) is 0 Å². The lowest BCUT2D eigenvalue weighted by atomic mass is 10.1. The standard InChI is InChI=1S/C17H22N6O/c1-11-7-13-14(8-12(11)2)19-16(18-13)9-22(3)10-17(24)20-15-5-6-23(4)21-15/h5-8H,9-10H2,1-4H3,(H,18,19)(H,20,21,24). The summed E-state index contributed by atoms with van der Waals surface area (Å²) in [6.45, 7) is 5.01. The number of aryl methyl sites for hydroxylation is 3. The van der Waals surface area contributed by atoms with Gasteiger partial charge in [-0.3, -0.25) is 14.4 Å². The van der Waals surface area contributed by atoms with E-state index in [2.05, 4.69) is 46.4 Å². The predicted octanol–water partition coefficient (Wildman–Crippen LogP) is 1.98. The number of fused-ring (bicyclic) bond motifs is 1. The molecule has 0 spiro atoms. The van der Waals surface area contributed by atoms with E-state index in [1.54, 1.807) is 16.9 Å². The molecule has 3 aromatic rings. The molecule has 0 unspecified atom stereocenters. The Kier molecular flexibility index (Phi) is 4.35. The topological polar surface area (TPSA) is 78.8 Å². The Hall–Kier alpha value is -2.67. The van der Waals surface area contributed by atoms with Crippen LogP contribution in [0.2, 0.25) is 0 Å². The minimum Gasteiger partial charge on any atom is -0.341 e. The average Bonchev–Trinajstić information content (AvgIpc) is 3.05. The molecule has 126 valence electrons. The van der Waals surface area contributed by atoms with E-state index in [9.17, 15) is 4.79 Å². The first-order valence-electron chi connectivity index (χ1n) is 7.84. The molecule has 2 N–H and O–H groups in total. The zero-order chi connectivity index (χ0) is 17.3. The van der Waals surface area contributed by atoms with Crippen LogP contribution in [-0.2, 0) is 18.4 Å². The molecule has 7 nitrogen and oxygen atoms in total. The number of benzene rings is 1. The van der Waals surface area contributed by atoms with Gasteiger partial charge in [-0.1, -0.05) is 0 Å². The minimum absolute atomic E-state index is 0.0981. The maximum absolute atomic E-state index is 12.1. The summed E-state index contributed by atoms with van der Waals surface area (Å²) in [6, 6.07) is 5.95. The van der Waals surface area contributed by atoms with Crippen LogP contribution in [0.4, 0.5) is 5.82 Å². The summed E-state index contributed by atoms with van der Waals surface area (Å²) in [4.78, 5) is 21.9. The molecule has 24 heavy (non-hydrogen) atoms. The molecular weight excluding hydrogens is 304 g/mol. The lowest BCUT2D eigenvalue weighted by molar-refractivity contribution is -0.117. The summed E-state index contributed by atoms with van der Waals surface area (Å²) in [5.74, 6) is 1.31. The third-order valence-electron chi connectivity index (χ3n) is 3.96. The van der Waals surface area contributed by atoms with Crippen molar-refractivity contribution in [3.05, 3.63) is 41.3 Å². The number of H-pyrrole nitrogens is 1. The van der Waals surface area contributed by atoms with Crippen molar-refractivity contribution >= 4 is 22.8 Å². The summed E-state index contributed by atoms with van der Waals surface area (Å²) in [5.41, 5.74) is 4.45. The normalized spacial score (nSPS) is 11.4. The summed E-state index contributed by atoms with van der Waals surface area (Å²) in [7, 11) is 3.70. The highest BCUT2D eigenvalue weighted by Gasteiger charge is 2.11. The van der Waals surface area contributed by atoms with Crippen LogP contribution in [0.15, 0.2) is 24.4 Å². The van der Waals surface area contributed by atoms with Gasteiger partial charge in [-0.2, -0.15) is 5.10 Å². The van der Waals surface area contributed by atoms with E-state index in [-0.39, 0.29) is 12.5 Å². The number of carbonyl (C=O) groups is 1. The number of nitrogens with zero attached hydrogens (tertiary/aromatic N) is 4. The van der Waals surface area contributed by atoms with Gasteiger partial charge in [0.1, 0.15) is 5.82 Å². The number of imidazole rings is 1. The van der Waals surface area contributed by atoms with E-state index in [0.29, 0.717) is 12.4 Å². The van der Waals surface area contributed by atoms with Gasteiger partial charge in [0, 0.05) is 19.3 Å². The van der Waals surface area contributed by atoms with Crippen LogP contribution in [0.5, 0.6) is 0 Å². The Morgan fingerprint density at radius 3 is 2.79 bits per heavy atom. The molecule has 0 atom stereocenters. The van der Waals surface area contributed by atoms with Gasteiger partial charge < -0.3 is 10.3 Å². The van der Waals surface area contributed by atoms with E-state index in [1.807, 2.05) is 19.0 Å². The minimum atomic E-state index is -0.0981. The number of nitrogens with one attached hydrogen (secondary N) is 2. The van der Waals surface area contributed by atoms with Crippen molar-refractivity contribution in [3.8, 4) is 0 Å². The molecular formula is C17H22N6O. The molecule has 0 aliphatic carbocycles. The van der Waals surface area contributed by atoms with Crippen LogP contribution < -0.4 is 5.32 Å². The van der Waals surface area contributed by atoms with Crippen molar-refractivity contribution in [2.75, 3.05) is 18.9 Å². The second-order valence-electron chi connectivity index (χ2n) is 6.23. The van der Waals surface area contributed by atoms with E-state index in [4.69, 9.17) is 0 Å². The Labute approximate surface area is 140 Å². The highest BCUT2D eigenvalue weighted by molar-refractivity contribution is 5.91. The lowest BCUT2D eigenvalue weighted by Crippen LogP contribution is -2.30. The van der Waals surface area contributed by atoms with Gasteiger partial charge in [-0.05, 0) is 44.2 Å². The zero-order valence-corrected chi connectivity index (χ0v) is 14.4. The van der Waals surface area contributed by atoms with Crippen molar-refractivity contribution in [1.82, 2.24) is 24.6 Å². The molecule has 0 fully saturated rings. The molecule has 2 aromatic heterocycles. The Morgan fingerprint density at radius 1 is 1.33 bits per heavy atom. The van der Waals surface area contributed by atoms with Crippen LogP contribution in [0.3, 0.4) is 0 Å². The Bertz CT molecular complexity index is 839. The van der Waals surface area contributed by atoms with E-state index < -0.39 is 0 Å². The van der Waals surface area contributed by atoms with Gasteiger partial charge in [0.15, 0.2) is 5.82 Å². The van der Waals surface area contributed by atoms with E-state index >= 15 is 0 Å². The number of aromatic amines is 1. The van der Waals surface area contributed by atoms with Gasteiger partial charge in [0.25, 0.3) is 0 Å². The first-order valence-corrected chi connectivity index (χ1v) is 7.84. The number of likely N-dealkylation sites (N-methyl/N-ethyl adjacent to an activating group) is 1. The molecule has 0 radical (unpaired) electrons. The molecule has 1 amide bonds. The predicted molar refractivity (Wildman–Crippen MR) is 93.7 cm³/mol. The van der Waals surface area contributed by atoms with Crippen LogP contribution in [-0.4, -0.2) is 44.1 Å². The zero-order valence-electron chi connectivity index (χ0n) is 14.4. The molecule has 0 saturated heterocycles. The fraction of sp³-hybridized carbons (Fsp3) is 0.353. The van der Waals surface area contributed by atoms with Crippen molar-refractivity contribution in [2.24, 2.45) is 7.05 Å².